The van der Waals surface area contributed by atoms with Crippen molar-refractivity contribution in [1.29, 1.82) is 5.26 Å². The molecule has 12 heteroatoms. The lowest BCUT2D eigenvalue weighted by Crippen LogP contribution is -2.42. The smallest absolute Gasteiger partial charge is 0.324 e. The lowest BCUT2D eigenvalue weighted by molar-refractivity contribution is -0.144. The Morgan fingerprint density at radius 1 is 1.18 bits per heavy atom. The molecule has 4 aromatic rings. The largest absolute Gasteiger partial charge is 0.408 e. The van der Waals surface area contributed by atoms with Crippen LogP contribution >= 0.6 is 0 Å². The Morgan fingerprint density at radius 2 is 1.95 bits per heavy atom. The number of hydrogen-bond acceptors (Lipinski definition) is 7. The van der Waals surface area contributed by atoms with E-state index >= 15 is 0 Å². The quantitative estimate of drug-likeness (QED) is 0.387. The number of hydrogen-bond donors (Lipinski definition) is 2. The minimum Gasteiger partial charge on any atom is -0.324 e. The van der Waals surface area contributed by atoms with Gasteiger partial charge in [0.05, 0.1) is 17.2 Å². The molecule has 0 amide bonds. The second-order valence-corrected chi connectivity index (χ2v) is 10.6. The predicted molar refractivity (Wildman–Crippen MR) is 140 cm³/mol. The van der Waals surface area contributed by atoms with E-state index in [4.69, 9.17) is 0 Å². The summed E-state index contributed by atoms with van der Waals surface area (Å²) in [5.74, 6) is 0.141. The van der Waals surface area contributed by atoms with Crippen LogP contribution in [0.25, 0.3) is 16.9 Å². The number of benzene rings is 1. The number of alkyl halides is 3. The standard InChI is InChI=1S/C27H27F3N8O/c1-25(2,14-31)20-6-5-7-21(35-20)38-22-18(23(39)37(38)15-27(28,29)30)13-32-24(36-22)34-17-8-9-19-16(12-17)10-11-33-26(19,3)4/h5-9,12-13,33H,10-11,15H2,1-4H3,(H,32,34,36). The number of rotatable bonds is 5. The molecule has 0 fully saturated rings. The highest BCUT2D eigenvalue weighted by Crippen LogP contribution is 2.31. The Hall–Kier alpha value is -4.24. The first-order chi connectivity index (χ1) is 18.3. The summed E-state index contributed by atoms with van der Waals surface area (Å²) in [4.78, 5) is 26.2. The first-order valence-corrected chi connectivity index (χ1v) is 12.4. The zero-order valence-corrected chi connectivity index (χ0v) is 21.9. The van der Waals surface area contributed by atoms with Crippen LogP contribution in [-0.2, 0) is 23.9 Å². The van der Waals surface area contributed by atoms with Crippen LogP contribution < -0.4 is 16.2 Å². The Labute approximate surface area is 222 Å². The molecule has 202 valence electrons. The molecule has 39 heavy (non-hydrogen) atoms. The third-order valence-electron chi connectivity index (χ3n) is 6.87. The van der Waals surface area contributed by atoms with Gasteiger partial charge in [-0.3, -0.25) is 4.79 Å². The number of halogens is 3. The Morgan fingerprint density at radius 3 is 2.67 bits per heavy atom. The SMILES string of the molecule is CC(C)(C#N)c1cccc(-n2c3nc(Nc4ccc5c(c4)CCNC5(C)C)ncc3c(=O)n2CC(F)(F)F)n1. The van der Waals surface area contributed by atoms with Crippen LogP contribution in [0.5, 0.6) is 0 Å². The fourth-order valence-corrected chi connectivity index (χ4v) is 4.80. The van der Waals surface area contributed by atoms with Crippen LogP contribution in [0.15, 0.2) is 47.4 Å². The zero-order valence-electron chi connectivity index (χ0n) is 21.9. The van der Waals surface area contributed by atoms with Gasteiger partial charge < -0.3 is 10.6 Å². The molecule has 3 aromatic heterocycles. The van der Waals surface area contributed by atoms with Gasteiger partial charge in [-0.25, -0.2) is 19.3 Å². The lowest BCUT2D eigenvalue weighted by atomic mass is 9.85. The fourth-order valence-electron chi connectivity index (χ4n) is 4.80. The van der Waals surface area contributed by atoms with Crippen molar-refractivity contribution in [2.24, 2.45) is 0 Å². The van der Waals surface area contributed by atoms with Gasteiger partial charge in [0.1, 0.15) is 11.9 Å². The molecule has 2 N–H and O–H groups in total. The number of anilines is 2. The van der Waals surface area contributed by atoms with Crippen LogP contribution in [0.1, 0.15) is 44.5 Å². The Balaban J connectivity index is 1.63. The van der Waals surface area contributed by atoms with Gasteiger partial charge in [-0.15, -0.1) is 0 Å². The van der Waals surface area contributed by atoms with E-state index in [1.807, 2.05) is 18.2 Å². The molecule has 9 nitrogen and oxygen atoms in total. The molecule has 4 heterocycles. The fraction of sp³-hybridized carbons (Fsp3) is 0.370. The molecule has 1 aliphatic heterocycles. The summed E-state index contributed by atoms with van der Waals surface area (Å²) in [5, 5.41) is 16.1. The topological polar surface area (TPSA) is 113 Å². The number of nitrogens with one attached hydrogen (secondary N) is 2. The summed E-state index contributed by atoms with van der Waals surface area (Å²) in [6.45, 7) is 6.81. The summed E-state index contributed by atoms with van der Waals surface area (Å²) < 4.78 is 42.2. The van der Waals surface area contributed by atoms with E-state index in [-0.39, 0.29) is 28.3 Å². The first kappa shape index (κ1) is 26.4. The third kappa shape index (κ3) is 4.97. The summed E-state index contributed by atoms with van der Waals surface area (Å²) in [6.07, 6.45) is -2.63. The minimum atomic E-state index is -4.68. The van der Waals surface area contributed by atoms with Gasteiger partial charge in [-0.05, 0) is 76.1 Å². The molecule has 1 aromatic carbocycles. The van der Waals surface area contributed by atoms with Crippen molar-refractivity contribution >= 4 is 22.7 Å². The van der Waals surface area contributed by atoms with Gasteiger partial charge >= 0.3 is 6.18 Å². The third-order valence-corrected chi connectivity index (χ3v) is 6.87. The second-order valence-electron chi connectivity index (χ2n) is 10.6. The maximum Gasteiger partial charge on any atom is 0.408 e. The molecule has 0 spiro atoms. The van der Waals surface area contributed by atoms with Crippen LogP contribution in [0, 0.1) is 11.3 Å². The number of aromatic nitrogens is 5. The normalized spacial score (nSPS) is 15.1. The molecule has 1 aliphatic rings. The van der Waals surface area contributed by atoms with E-state index in [2.05, 4.69) is 45.5 Å². The number of fused-ring (bicyclic) bond motifs is 2. The minimum absolute atomic E-state index is 0.0281. The van der Waals surface area contributed by atoms with E-state index in [1.54, 1.807) is 26.0 Å². The van der Waals surface area contributed by atoms with Gasteiger partial charge in [-0.2, -0.15) is 23.4 Å². The Kier molecular flexibility index (Phi) is 6.22. The van der Waals surface area contributed by atoms with Gasteiger partial charge in [-0.1, -0.05) is 12.1 Å². The monoisotopic (exact) mass is 536 g/mol. The van der Waals surface area contributed by atoms with Crippen molar-refractivity contribution in [3.63, 3.8) is 0 Å². The summed E-state index contributed by atoms with van der Waals surface area (Å²) in [6, 6.07) is 12.7. The van der Waals surface area contributed by atoms with E-state index in [1.165, 1.54) is 23.4 Å². The second kappa shape index (κ2) is 9.20. The van der Waals surface area contributed by atoms with Crippen LogP contribution in [0.4, 0.5) is 24.8 Å². The Bertz CT molecular complexity index is 1680. The van der Waals surface area contributed by atoms with E-state index in [9.17, 15) is 23.2 Å². The maximum atomic E-state index is 13.5. The average Bonchev–Trinajstić information content (AvgIpc) is 3.13. The molecule has 0 radical (unpaired) electrons. The van der Waals surface area contributed by atoms with Crippen LogP contribution in [-0.4, -0.2) is 37.0 Å². The molecule has 0 aliphatic carbocycles. The van der Waals surface area contributed by atoms with Crippen molar-refractivity contribution in [3.05, 3.63) is 69.8 Å². The molecular formula is C27H27F3N8O. The highest BCUT2D eigenvalue weighted by atomic mass is 19.4. The average molecular weight is 537 g/mol. The molecule has 5 rings (SSSR count). The van der Waals surface area contributed by atoms with Gasteiger partial charge in [0.25, 0.3) is 5.56 Å². The summed E-state index contributed by atoms with van der Waals surface area (Å²) in [7, 11) is 0. The highest BCUT2D eigenvalue weighted by molar-refractivity contribution is 5.77. The number of pyridine rings is 1. The zero-order chi connectivity index (χ0) is 28.2. The van der Waals surface area contributed by atoms with Gasteiger partial charge in [0.15, 0.2) is 11.5 Å². The summed E-state index contributed by atoms with van der Waals surface area (Å²) >= 11 is 0. The molecule has 0 bridgehead atoms. The van der Waals surface area contributed by atoms with Crippen molar-refractivity contribution in [2.45, 2.75) is 57.8 Å². The molecule has 0 saturated carbocycles. The first-order valence-electron chi connectivity index (χ1n) is 12.4. The molecule has 0 unspecified atom stereocenters. The van der Waals surface area contributed by atoms with E-state index < -0.39 is 23.7 Å². The maximum absolute atomic E-state index is 13.5. The lowest BCUT2D eigenvalue weighted by Gasteiger charge is -2.34. The molecule has 0 saturated heterocycles. The predicted octanol–water partition coefficient (Wildman–Crippen LogP) is 4.47. The summed E-state index contributed by atoms with van der Waals surface area (Å²) in [5.41, 5.74) is 1.29. The van der Waals surface area contributed by atoms with Crippen LogP contribution in [0.2, 0.25) is 0 Å². The highest BCUT2D eigenvalue weighted by Gasteiger charge is 2.33. The number of nitriles is 1. The molecule has 0 atom stereocenters. The van der Waals surface area contributed by atoms with Crippen molar-refractivity contribution in [1.82, 2.24) is 29.6 Å². The van der Waals surface area contributed by atoms with Crippen molar-refractivity contribution in [3.8, 4) is 11.9 Å². The van der Waals surface area contributed by atoms with Crippen molar-refractivity contribution in [2.75, 3.05) is 11.9 Å². The van der Waals surface area contributed by atoms with Crippen molar-refractivity contribution < 1.29 is 13.2 Å². The van der Waals surface area contributed by atoms with Gasteiger partial charge in [0.2, 0.25) is 5.95 Å². The van der Waals surface area contributed by atoms with E-state index in [0.717, 1.165) is 17.6 Å². The molecular weight excluding hydrogens is 509 g/mol. The van der Waals surface area contributed by atoms with Gasteiger partial charge in [0, 0.05) is 17.4 Å². The van der Waals surface area contributed by atoms with E-state index in [0.29, 0.717) is 16.1 Å². The number of nitrogens with zero attached hydrogens (tertiary/aromatic N) is 6. The van der Waals surface area contributed by atoms with Crippen LogP contribution in [0.3, 0.4) is 0 Å².